The molecule has 6 nitrogen and oxygen atoms in total. The van der Waals surface area contributed by atoms with Gasteiger partial charge in [-0.3, -0.25) is 14.9 Å². The minimum Gasteiger partial charge on any atom is -0.450 e. The number of hydrogen-bond donors (Lipinski definition) is 1. The molecule has 1 aliphatic rings. The van der Waals surface area contributed by atoms with Gasteiger partial charge in [0, 0.05) is 0 Å². The quantitative estimate of drug-likeness (QED) is 0.643. The molecule has 1 N–H and O–H groups in total. The third-order valence-corrected chi connectivity index (χ3v) is 3.49. The maximum absolute atomic E-state index is 13.0. The number of halogens is 2. The zero-order chi connectivity index (χ0) is 16.6. The molecule has 1 aliphatic heterocycles. The molecule has 8 heteroatoms. The Morgan fingerprint density at radius 2 is 1.78 bits per heavy atom. The molecule has 1 aromatic heterocycles. The number of urea groups is 1. The lowest BCUT2D eigenvalue weighted by molar-refractivity contribution is -0.122. The molecule has 116 valence electrons. The van der Waals surface area contributed by atoms with E-state index in [-0.39, 0.29) is 17.0 Å². The molecular formula is C15H8BrFN2O4. The van der Waals surface area contributed by atoms with Crippen LogP contribution in [0.2, 0.25) is 0 Å². The third-order valence-electron chi connectivity index (χ3n) is 3.07. The molecule has 0 aliphatic carbocycles. The van der Waals surface area contributed by atoms with Crippen molar-refractivity contribution in [3.05, 3.63) is 58.2 Å². The number of barbiturate groups is 1. The van der Waals surface area contributed by atoms with Crippen molar-refractivity contribution in [2.24, 2.45) is 0 Å². The summed E-state index contributed by atoms with van der Waals surface area (Å²) in [6.07, 6.45) is 1.23. The van der Waals surface area contributed by atoms with E-state index in [9.17, 15) is 18.8 Å². The first kappa shape index (κ1) is 15.2. The molecule has 3 rings (SSSR count). The SMILES string of the molecule is O=C1NC(=O)N(c2ccc(F)cc2)C(=O)C1=Cc1ccc(Br)o1. The van der Waals surface area contributed by atoms with E-state index in [0.717, 1.165) is 17.0 Å². The van der Waals surface area contributed by atoms with E-state index < -0.39 is 23.7 Å². The highest BCUT2D eigenvalue weighted by atomic mass is 79.9. The molecule has 1 saturated heterocycles. The minimum absolute atomic E-state index is 0.146. The summed E-state index contributed by atoms with van der Waals surface area (Å²) in [6.45, 7) is 0. The molecule has 23 heavy (non-hydrogen) atoms. The second-order valence-electron chi connectivity index (χ2n) is 4.58. The predicted octanol–water partition coefficient (Wildman–Crippen LogP) is 2.85. The fourth-order valence-corrected chi connectivity index (χ4v) is 2.35. The fraction of sp³-hybridized carbons (Fsp3) is 0. The van der Waals surface area contributed by atoms with E-state index in [1.54, 1.807) is 12.1 Å². The van der Waals surface area contributed by atoms with Gasteiger partial charge in [-0.1, -0.05) is 0 Å². The van der Waals surface area contributed by atoms with E-state index in [1.807, 2.05) is 0 Å². The van der Waals surface area contributed by atoms with Gasteiger partial charge in [-0.25, -0.2) is 14.1 Å². The lowest BCUT2D eigenvalue weighted by Gasteiger charge is -2.26. The molecule has 2 heterocycles. The number of rotatable bonds is 2. The van der Waals surface area contributed by atoms with Gasteiger partial charge in [-0.15, -0.1) is 0 Å². The van der Waals surface area contributed by atoms with Crippen molar-refractivity contribution >= 4 is 45.5 Å². The Morgan fingerprint density at radius 1 is 1.09 bits per heavy atom. The Labute approximate surface area is 137 Å². The van der Waals surface area contributed by atoms with Gasteiger partial charge in [-0.2, -0.15) is 0 Å². The fourth-order valence-electron chi connectivity index (χ4n) is 2.03. The van der Waals surface area contributed by atoms with Crippen LogP contribution in [-0.2, 0) is 9.59 Å². The Morgan fingerprint density at radius 3 is 2.39 bits per heavy atom. The molecule has 0 radical (unpaired) electrons. The first-order valence-electron chi connectivity index (χ1n) is 6.38. The van der Waals surface area contributed by atoms with Gasteiger partial charge in [0.1, 0.15) is 17.2 Å². The van der Waals surface area contributed by atoms with E-state index in [1.165, 1.54) is 18.2 Å². The van der Waals surface area contributed by atoms with Crippen molar-refractivity contribution in [1.29, 1.82) is 0 Å². The number of nitrogens with one attached hydrogen (secondary N) is 1. The summed E-state index contributed by atoms with van der Waals surface area (Å²) in [4.78, 5) is 37.0. The average Bonchev–Trinajstić information content (AvgIpc) is 2.91. The zero-order valence-corrected chi connectivity index (χ0v) is 13.0. The van der Waals surface area contributed by atoms with Crippen molar-refractivity contribution in [2.45, 2.75) is 0 Å². The number of amides is 4. The summed E-state index contributed by atoms with van der Waals surface area (Å²) < 4.78 is 18.6. The van der Waals surface area contributed by atoms with Crippen molar-refractivity contribution in [2.75, 3.05) is 4.90 Å². The van der Waals surface area contributed by atoms with Gasteiger partial charge in [0.2, 0.25) is 0 Å². The summed E-state index contributed by atoms with van der Waals surface area (Å²) in [7, 11) is 0. The summed E-state index contributed by atoms with van der Waals surface area (Å²) in [6, 6.07) is 7.01. The minimum atomic E-state index is -0.899. The number of benzene rings is 1. The van der Waals surface area contributed by atoms with E-state index >= 15 is 0 Å². The molecule has 0 saturated carbocycles. The monoisotopic (exact) mass is 378 g/mol. The highest BCUT2D eigenvalue weighted by molar-refractivity contribution is 9.10. The van der Waals surface area contributed by atoms with Gasteiger partial charge in [-0.05, 0) is 58.4 Å². The van der Waals surface area contributed by atoms with Gasteiger partial charge < -0.3 is 4.42 Å². The van der Waals surface area contributed by atoms with Crippen LogP contribution in [0, 0.1) is 5.82 Å². The van der Waals surface area contributed by atoms with Crippen molar-refractivity contribution < 1.29 is 23.2 Å². The Balaban J connectivity index is 2.00. The average molecular weight is 379 g/mol. The van der Waals surface area contributed by atoms with Crippen LogP contribution in [-0.4, -0.2) is 17.8 Å². The van der Waals surface area contributed by atoms with E-state index in [0.29, 0.717) is 4.67 Å². The third kappa shape index (κ3) is 2.93. The van der Waals surface area contributed by atoms with Gasteiger partial charge in [0.15, 0.2) is 4.67 Å². The molecule has 0 unspecified atom stereocenters. The molecule has 0 atom stereocenters. The molecule has 4 amide bonds. The van der Waals surface area contributed by atoms with Gasteiger partial charge in [0.05, 0.1) is 5.69 Å². The number of carbonyl (C=O) groups excluding carboxylic acids is 3. The van der Waals surface area contributed by atoms with Crippen LogP contribution in [0.1, 0.15) is 5.76 Å². The molecule has 0 spiro atoms. The molecule has 0 bridgehead atoms. The summed E-state index contributed by atoms with van der Waals surface area (Å²) >= 11 is 3.11. The summed E-state index contributed by atoms with van der Waals surface area (Å²) in [5, 5.41) is 2.06. The van der Waals surface area contributed by atoms with Crippen LogP contribution in [0.3, 0.4) is 0 Å². The van der Waals surface area contributed by atoms with Crippen LogP contribution >= 0.6 is 15.9 Å². The van der Waals surface area contributed by atoms with E-state index in [4.69, 9.17) is 4.42 Å². The van der Waals surface area contributed by atoms with Crippen molar-refractivity contribution in [1.82, 2.24) is 5.32 Å². The van der Waals surface area contributed by atoms with Crippen molar-refractivity contribution in [3.8, 4) is 0 Å². The maximum Gasteiger partial charge on any atom is 0.335 e. The van der Waals surface area contributed by atoms with Gasteiger partial charge in [0.25, 0.3) is 11.8 Å². The largest absolute Gasteiger partial charge is 0.450 e. The maximum atomic E-state index is 13.0. The predicted molar refractivity (Wildman–Crippen MR) is 81.8 cm³/mol. The lowest BCUT2D eigenvalue weighted by atomic mass is 10.1. The second-order valence-corrected chi connectivity index (χ2v) is 5.36. The first-order chi connectivity index (χ1) is 11.0. The molecule has 1 fully saturated rings. The summed E-state index contributed by atoms with van der Waals surface area (Å²) in [5.41, 5.74) is -0.122. The Bertz CT molecular complexity index is 841. The van der Waals surface area contributed by atoms with Crippen LogP contribution in [0.4, 0.5) is 14.9 Å². The number of hydrogen-bond acceptors (Lipinski definition) is 4. The van der Waals surface area contributed by atoms with Crippen LogP contribution in [0.15, 0.2) is 51.1 Å². The standard InChI is InChI=1S/C15H8BrFN2O4/c16-12-6-5-10(23-12)7-11-13(20)18-15(22)19(14(11)21)9-3-1-8(17)2-4-9/h1-7H,(H,18,20,22). The zero-order valence-electron chi connectivity index (χ0n) is 11.4. The van der Waals surface area contributed by atoms with Gasteiger partial charge >= 0.3 is 6.03 Å². The van der Waals surface area contributed by atoms with Crippen LogP contribution in [0.25, 0.3) is 6.08 Å². The number of carbonyl (C=O) groups is 3. The number of anilines is 1. The molecule has 2 aromatic rings. The van der Waals surface area contributed by atoms with Crippen molar-refractivity contribution in [3.63, 3.8) is 0 Å². The highest BCUT2D eigenvalue weighted by Crippen LogP contribution is 2.23. The number of imide groups is 2. The van der Waals surface area contributed by atoms with E-state index in [2.05, 4.69) is 21.2 Å². The normalized spacial score (nSPS) is 16.9. The highest BCUT2D eigenvalue weighted by Gasteiger charge is 2.37. The lowest BCUT2D eigenvalue weighted by Crippen LogP contribution is -2.54. The number of nitrogens with zero attached hydrogens (tertiary/aromatic N) is 1. The second kappa shape index (κ2) is 5.81. The Hall–Kier alpha value is -2.74. The topological polar surface area (TPSA) is 79.6 Å². The summed E-state index contributed by atoms with van der Waals surface area (Å²) in [5.74, 6) is -1.89. The van der Waals surface area contributed by atoms with Crippen LogP contribution in [0.5, 0.6) is 0 Å². The first-order valence-corrected chi connectivity index (χ1v) is 7.17. The molecule has 1 aromatic carbocycles. The Kier molecular flexibility index (Phi) is 3.83. The van der Waals surface area contributed by atoms with Crippen LogP contribution < -0.4 is 10.2 Å². The number of furan rings is 1. The molecular weight excluding hydrogens is 371 g/mol. The smallest absolute Gasteiger partial charge is 0.335 e.